The van der Waals surface area contributed by atoms with Gasteiger partial charge in [-0.05, 0) is 37.1 Å². The van der Waals surface area contributed by atoms with Gasteiger partial charge in [0, 0.05) is 54.4 Å². The van der Waals surface area contributed by atoms with Gasteiger partial charge in [-0.15, -0.1) is 11.3 Å². The maximum absolute atomic E-state index is 13.7. The predicted octanol–water partition coefficient (Wildman–Crippen LogP) is 5.41. The standard InChI is InChI=1S/C29H31N7O5S/c1-18(2)26-24(15-30-35(26)29-32-25(17-42-29)20-6-5-7-23(14-20)41-4)27(37)33-12-13-34(19(3)16-33)28(38)31-21-8-10-22(11-9-21)36(39)40/h5-11,14-15,17-19H,12-13,16H2,1-4H3,(H,31,38). The molecular weight excluding hydrogens is 558 g/mol. The number of nitro groups is 1. The number of anilines is 1. The van der Waals surface area contributed by atoms with Gasteiger partial charge < -0.3 is 19.9 Å². The number of aromatic nitrogens is 3. The molecule has 13 heteroatoms. The SMILES string of the molecule is COc1cccc(-c2csc(-n3ncc(C(=O)N4CCN(C(=O)Nc5ccc([N+](=O)[O-])cc5)C(C)C4)c3C(C)C)n2)c1. The van der Waals surface area contributed by atoms with Crippen LogP contribution in [0.25, 0.3) is 16.4 Å². The summed E-state index contributed by atoms with van der Waals surface area (Å²) < 4.78 is 7.08. The van der Waals surface area contributed by atoms with Crippen LogP contribution >= 0.6 is 11.3 Å². The van der Waals surface area contributed by atoms with E-state index in [1.807, 2.05) is 50.4 Å². The predicted molar refractivity (Wildman–Crippen MR) is 159 cm³/mol. The molecule has 0 bridgehead atoms. The summed E-state index contributed by atoms with van der Waals surface area (Å²) in [7, 11) is 1.63. The molecule has 4 aromatic rings. The van der Waals surface area contributed by atoms with Gasteiger partial charge in [0.05, 0.1) is 35.2 Å². The molecule has 0 saturated carbocycles. The number of piperazine rings is 1. The number of thiazole rings is 1. The van der Waals surface area contributed by atoms with Gasteiger partial charge in [0.25, 0.3) is 11.6 Å². The fourth-order valence-corrected chi connectivity index (χ4v) is 5.79. The van der Waals surface area contributed by atoms with Crippen molar-refractivity contribution in [1.29, 1.82) is 0 Å². The number of rotatable bonds is 7. The average Bonchev–Trinajstić information content (AvgIpc) is 3.65. The van der Waals surface area contributed by atoms with Crippen molar-refractivity contribution < 1.29 is 19.2 Å². The zero-order chi connectivity index (χ0) is 30.0. The van der Waals surface area contributed by atoms with Crippen molar-refractivity contribution in [2.75, 3.05) is 32.1 Å². The monoisotopic (exact) mass is 589 g/mol. The van der Waals surface area contributed by atoms with Gasteiger partial charge in [-0.2, -0.15) is 5.10 Å². The number of urea groups is 1. The van der Waals surface area contributed by atoms with Gasteiger partial charge in [-0.25, -0.2) is 14.5 Å². The number of nitrogens with zero attached hydrogens (tertiary/aromatic N) is 6. The van der Waals surface area contributed by atoms with Crippen LogP contribution in [0.1, 0.15) is 42.7 Å². The summed E-state index contributed by atoms with van der Waals surface area (Å²) in [6.45, 7) is 6.97. The number of nitro benzene ring substituents is 1. The van der Waals surface area contributed by atoms with Crippen LogP contribution in [0.5, 0.6) is 5.75 Å². The Labute approximate surface area is 246 Å². The zero-order valence-electron chi connectivity index (χ0n) is 23.7. The highest BCUT2D eigenvalue weighted by Crippen LogP contribution is 2.30. The molecule has 218 valence electrons. The van der Waals surface area contributed by atoms with Crippen LogP contribution in [-0.4, -0.2) is 74.2 Å². The van der Waals surface area contributed by atoms with E-state index >= 15 is 0 Å². The third kappa shape index (κ3) is 5.81. The molecule has 5 rings (SSSR count). The number of nitrogens with one attached hydrogen (secondary N) is 1. The molecule has 1 unspecified atom stereocenters. The first-order valence-corrected chi connectivity index (χ1v) is 14.3. The summed E-state index contributed by atoms with van der Waals surface area (Å²) in [6, 6.07) is 12.8. The Morgan fingerprint density at radius 3 is 2.60 bits per heavy atom. The smallest absolute Gasteiger partial charge is 0.322 e. The third-order valence-electron chi connectivity index (χ3n) is 7.13. The lowest BCUT2D eigenvalue weighted by molar-refractivity contribution is -0.384. The van der Waals surface area contributed by atoms with Crippen LogP contribution in [0.3, 0.4) is 0 Å². The lowest BCUT2D eigenvalue weighted by atomic mass is 10.0. The Bertz CT molecular complexity index is 1610. The van der Waals surface area contributed by atoms with Gasteiger partial charge in [0.2, 0.25) is 5.13 Å². The molecule has 1 aliphatic rings. The van der Waals surface area contributed by atoms with E-state index in [0.29, 0.717) is 36.0 Å². The van der Waals surface area contributed by atoms with Crippen molar-refractivity contribution in [2.24, 2.45) is 0 Å². The van der Waals surface area contributed by atoms with E-state index < -0.39 is 4.92 Å². The summed E-state index contributed by atoms with van der Waals surface area (Å²) in [6.07, 6.45) is 1.60. The van der Waals surface area contributed by atoms with Crippen molar-refractivity contribution in [1.82, 2.24) is 24.6 Å². The molecule has 2 aromatic carbocycles. The minimum atomic E-state index is -0.491. The highest BCUT2D eigenvalue weighted by molar-refractivity contribution is 7.12. The first kappa shape index (κ1) is 28.7. The highest BCUT2D eigenvalue weighted by atomic mass is 32.1. The Morgan fingerprint density at radius 2 is 1.93 bits per heavy atom. The number of hydrogen-bond donors (Lipinski definition) is 1. The molecule has 1 aliphatic heterocycles. The number of methoxy groups -OCH3 is 1. The molecular formula is C29H31N7O5S. The molecule has 1 fully saturated rings. The summed E-state index contributed by atoms with van der Waals surface area (Å²) in [5.74, 6) is 0.605. The molecule has 12 nitrogen and oxygen atoms in total. The third-order valence-corrected chi connectivity index (χ3v) is 7.94. The first-order valence-electron chi connectivity index (χ1n) is 13.5. The van der Waals surface area contributed by atoms with Gasteiger partial charge in [-0.3, -0.25) is 14.9 Å². The second-order valence-electron chi connectivity index (χ2n) is 10.3. The fourth-order valence-electron chi connectivity index (χ4n) is 4.98. The van der Waals surface area contributed by atoms with Crippen molar-refractivity contribution in [3.63, 3.8) is 0 Å². The number of non-ortho nitro benzene ring substituents is 1. The fraction of sp³-hybridized carbons (Fsp3) is 0.310. The second kappa shape index (κ2) is 12.0. The Morgan fingerprint density at radius 1 is 1.17 bits per heavy atom. The highest BCUT2D eigenvalue weighted by Gasteiger charge is 2.33. The minimum absolute atomic E-state index is 0.00167. The van der Waals surface area contributed by atoms with E-state index in [1.165, 1.54) is 35.6 Å². The molecule has 1 N–H and O–H groups in total. The number of carbonyl (C=O) groups excluding carboxylic acids is 2. The Hall–Kier alpha value is -4.78. The van der Waals surface area contributed by atoms with Gasteiger partial charge in [-0.1, -0.05) is 26.0 Å². The summed E-state index contributed by atoms with van der Waals surface area (Å²) in [5, 5.41) is 20.9. The van der Waals surface area contributed by atoms with Crippen molar-refractivity contribution >= 4 is 34.6 Å². The van der Waals surface area contributed by atoms with Crippen LogP contribution in [0, 0.1) is 10.1 Å². The molecule has 0 spiro atoms. The van der Waals surface area contributed by atoms with Crippen LogP contribution in [-0.2, 0) is 0 Å². The van der Waals surface area contributed by atoms with E-state index in [9.17, 15) is 19.7 Å². The first-order chi connectivity index (χ1) is 20.2. The number of hydrogen-bond acceptors (Lipinski definition) is 8. The van der Waals surface area contributed by atoms with Gasteiger partial charge in [0.15, 0.2) is 0 Å². The molecule has 1 atom stereocenters. The second-order valence-corrected chi connectivity index (χ2v) is 11.1. The minimum Gasteiger partial charge on any atom is -0.497 e. The lowest BCUT2D eigenvalue weighted by Gasteiger charge is -2.39. The normalized spacial score (nSPS) is 15.1. The summed E-state index contributed by atoms with van der Waals surface area (Å²) >= 11 is 1.45. The van der Waals surface area contributed by atoms with E-state index in [2.05, 4.69) is 10.4 Å². The van der Waals surface area contributed by atoms with Crippen LogP contribution in [0.2, 0.25) is 0 Å². The molecule has 42 heavy (non-hydrogen) atoms. The van der Waals surface area contributed by atoms with Gasteiger partial charge >= 0.3 is 6.03 Å². The Kier molecular flexibility index (Phi) is 8.20. The molecule has 3 amide bonds. The number of amides is 3. The summed E-state index contributed by atoms with van der Waals surface area (Å²) in [4.78, 5) is 45.3. The van der Waals surface area contributed by atoms with E-state index in [1.54, 1.807) is 27.8 Å². The van der Waals surface area contributed by atoms with Crippen molar-refractivity contribution in [2.45, 2.75) is 32.7 Å². The van der Waals surface area contributed by atoms with E-state index in [4.69, 9.17) is 9.72 Å². The molecule has 0 radical (unpaired) electrons. The summed E-state index contributed by atoms with van der Waals surface area (Å²) in [5.41, 5.74) is 3.42. The molecule has 2 aromatic heterocycles. The van der Waals surface area contributed by atoms with E-state index in [-0.39, 0.29) is 29.6 Å². The largest absolute Gasteiger partial charge is 0.497 e. The molecule has 0 aliphatic carbocycles. The number of benzene rings is 2. The number of carbonyl (C=O) groups is 2. The molecule has 3 heterocycles. The molecule has 1 saturated heterocycles. The maximum atomic E-state index is 13.7. The topological polar surface area (TPSA) is 136 Å². The van der Waals surface area contributed by atoms with E-state index in [0.717, 1.165) is 22.7 Å². The number of ether oxygens (including phenoxy) is 1. The lowest BCUT2D eigenvalue weighted by Crippen LogP contribution is -2.56. The van der Waals surface area contributed by atoms with Crippen molar-refractivity contribution in [3.8, 4) is 22.1 Å². The average molecular weight is 590 g/mol. The van der Waals surface area contributed by atoms with Crippen LogP contribution < -0.4 is 10.1 Å². The van der Waals surface area contributed by atoms with Gasteiger partial charge in [0.1, 0.15) is 5.75 Å². The Balaban J connectivity index is 1.29. The quantitative estimate of drug-likeness (QED) is 0.225. The zero-order valence-corrected chi connectivity index (χ0v) is 24.5. The maximum Gasteiger partial charge on any atom is 0.322 e. The van der Waals surface area contributed by atoms with Crippen LogP contribution in [0.15, 0.2) is 60.1 Å². The van der Waals surface area contributed by atoms with Crippen LogP contribution in [0.4, 0.5) is 16.2 Å². The van der Waals surface area contributed by atoms with Crippen molar-refractivity contribution in [3.05, 3.63) is 81.5 Å².